The Kier molecular flexibility index (Phi) is 7.81. The van der Waals surface area contributed by atoms with Gasteiger partial charge in [-0.1, -0.05) is 0 Å². The number of nitrogens with zero attached hydrogens (tertiary/aromatic N) is 6. The number of aryl methyl sites for hydroxylation is 1. The number of thioether (sulfide) groups is 1. The first-order valence-electron chi connectivity index (χ1n) is 10.3. The second kappa shape index (κ2) is 10.3. The van der Waals surface area contributed by atoms with Crippen LogP contribution in [0.3, 0.4) is 0 Å². The van der Waals surface area contributed by atoms with Crippen molar-refractivity contribution in [1.29, 1.82) is 0 Å². The van der Waals surface area contributed by atoms with Crippen LogP contribution in [0.25, 0.3) is 0 Å². The Morgan fingerprint density at radius 1 is 1.26 bits per heavy atom. The van der Waals surface area contributed by atoms with Gasteiger partial charge in [0.25, 0.3) is 0 Å². The first-order chi connectivity index (χ1) is 13.2. The second-order valence-electron chi connectivity index (χ2n) is 7.74. The third-order valence-electron chi connectivity index (χ3n) is 5.66. The van der Waals surface area contributed by atoms with Gasteiger partial charge in [-0.2, -0.15) is 11.8 Å². The first kappa shape index (κ1) is 20.5. The number of aliphatic imine (C=N–C) groups is 1. The third kappa shape index (κ3) is 5.85. The number of rotatable bonds is 8. The summed E-state index contributed by atoms with van der Waals surface area (Å²) < 4.78 is 2.02. The van der Waals surface area contributed by atoms with E-state index in [0.717, 1.165) is 49.6 Å². The van der Waals surface area contributed by atoms with Crippen molar-refractivity contribution in [2.45, 2.75) is 39.2 Å². The molecule has 0 spiro atoms. The largest absolute Gasteiger partial charge is 0.356 e. The smallest absolute Gasteiger partial charge is 0.194 e. The highest BCUT2D eigenvalue weighted by Crippen LogP contribution is 2.20. The van der Waals surface area contributed by atoms with Gasteiger partial charge in [0, 0.05) is 33.2 Å². The van der Waals surface area contributed by atoms with Gasteiger partial charge in [0.15, 0.2) is 11.8 Å². The van der Waals surface area contributed by atoms with Crippen LogP contribution >= 0.6 is 11.8 Å². The SMILES string of the molecule is CSCCCNC(=NCc1nnc(C)n1C)N1CCC(CN2CCCC2)C1. The molecule has 0 bridgehead atoms. The van der Waals surface area contributed by atoms with Gasteiger partial charge in [0.05, 0.1) is 0 Å². The van der Waals surface area contributed by atoms with Crippen molar-refractivity contribution >= 4 is 17.7 Å². The molecule has 2 fully saturated rings. The standard InChI is InChI=1S/C19H35N7S/c1-16-22-23-18(24(16)2)13-21-19(20-8-6-12-27-3)26-11-7-17(15-26)14-25-9-4-5-10-25/h17H,4-15H2,1-3H3,(H,20,21). The summed E-state index contributed by atoms with van der Waals surface area (Å²) in [7, 11) is 2.01. The summed E-state index contributed by atoms with van der Waals surface area (Å²) in [4.78, 5) is 9.99. The average Bonchev–Trinajstić information content (AvgIpc) is 3.40. The third-order valence-corrected chi connectivity index (χ3v) is 6.36. The van der Waals surface area contributed by atoms with Crippen LogP contribution in [0.5, 0.6) is 0 Å². The average molecular weight is 394 g/mol. The van der Waals surface area contributed by atoms with Crippen LogP contribution in [0.2, 0.25) is 0 Å². The topological polar surface area (TPSA) is 61.6 Å². The van der Waals surface area contributed by atoms with Crippen LogP contribution in [0.15, 0.2) is 4.99 Å². The minimum atomic E-state index is 0.579. The molecule has 27 heavy (non-hydrogen) atoms. The van der Waals surface area contributed by atoms with Gasteiger partial charge in [0.1, 0.15) is 12.4 Å². The Hall–Kier alpha value is -1.28. The number of aromatic nitrogens is 3. The highest BCUT2D eigenvalue weighted by molar-refractivity contribution is 7.98. The van der Waals surface area contributed by atoms with Crippen LogP contribution in [-0.2, 0) is 13.6 Å². The fourth-order valence-electron chi connectivity index (χ4n) is 3.92. The van der Waals surface area contributed by atoms with Crippen molar-refractivity contribution in [1.82, 2.24) is 29.9 Å². The normalized spacial score (nSPS) is 21.4. The summed E-state index contributed by atoms with van der Waals surface area (Å²) in [5, 5.41) is 12.0. The lowest BCUT2D eigenvalue weighted by atomic mass is 10.1. The predicted octanol–water partition coefficient (Wildman–Crippen LogP) is 1.74. The Balaban J connectivity index is 1.58. The molecular formula is C19H35N7S. The first-order valence-corrected chi connectivity index (χ1v) is 11.7. The van der Waals surface area contributed by atoms with Crippen molar-refractivity contribution in [3.8, 4) is 0 Å². The van der Waals surface area contributed by atoms with Gasteiger partial charge >= 0.3 is 0 Å². The summed E-state index contributed by atoms with van der Waals surface area (Å²) in [6, 6.07) is 0. The van der Waals surface area contributed by atoms with E-state index in [4.69, 9.17) is 4.99 Å². The fourth-order valence-corrected chi connectivity index (χ4v) is 4.36. The molecule has 0 radical (unpaired) electrons. The van der Waals surface area contributed by atoms with Gasteiger partial charge in [-0.3, -0.25) is 0 Å². The summed E-state index contributed by atoms with van der Waals surface area (Å²) in [5.74, 6) is 4.84. The lowest BCUT2D eigenvalue weighted by molar-refractivity contribution is 0.281. The van der Waals surface area contributed by atoms with Crippen molar-refractivity contribution < 1.29 is 0 Å². The van der Waals surface area contributed by atoms with E-state index >= 15 is 0 Å². The van der Waals surface area contributed by atoms with Gasteiger partial charge in [-0.05, 0) is 63.6 Å². The van der Waals surface area contributed by atoms with Crippen LogP contribution in [0, 0.1) is 12.8 Å². The zero-order valence-corrected chi connectivity index (χ0v) is 18.0. The van der Waals surface area contributed by atoms with E-state index in [1.165, 1.54) is 44.6 Å². The Morgan fingerprint density at radius 3 is 2.78 bits per heavy atom. The molecule has 8 heteroatoms. The molecule has 0 aromatic carbocycles. The number of nitrogens with one attached hydrogen (secondary N) is 1. The van der Waals surface area contributed by atoms with Crippen LogP contribution in [-0.4, -0.2) is 81.8 Å². The van der Waals surface area contributed by atoms with E-state index in [0.29, 0.717) is 6.54 Å². The molecular weight excluding hydrogens is 358 g/mol. The Bertz CT molecular complexity index is 609. The van der Waals surface area contributed by atoms with Gasteiger partial charge < -0.3 is 19.7 Å². The highest BCUT2D eigenvalue weighted by atomic mass is 32.2. The molecule has 1 unspecified atom stereocenters. The molecule has 0 amide bonds. The van der Waals surface area contributed by atoms with Crippen molar-refractivity contribution in [3.63, 3.8) is 0 Å². The molecule has 2 aliphatic rings. The van der Waals surface area contributed by atoms with Crippen molar-refractivity contribution in [3.05, 3.63) is 11.6 Å². The lowest BCUT2D eigenvalue weighted by Crippen LogP contribution is -2.41. The molecule has 1 atom stereocenters. The van der Waals surface area contributed by atoms with Crippen LogP contribution in [0.4, 0.5) is 0 Å². The number of likely N-dealkylation sites (tertiary alicyclic amines) is 2. The van der Waals surface area contributed by atoms with E-state index in [-0.39, 0.29) is 0 Å². The summed E-state index contributed by atoms with van der Waals surface area (Å²) >= 11 is 1.90. The van der Waals surface area contributed by atoms with Gasteiger partial charge in [0.2, 0.25) is 0 Å². The molecule has 152 valence electrons. The molecule has 0 saturated carbocycles. The monoisotopic (exact) mass is 393 g/mol. The highest BCUT2D eigenvalue weighted by Gasteiger charge is 2.27. The zero-order chi connectivity index (χ0) is 19.1. The fraction of sp³-hybridized carbons (Fsp3) is 0.842. The molecule has 7 nitrogen and oxygen atoms in total. The molecule has 0 aliphatic carbocycles. The van der Waals surface area contributed by atoms with Crippen LogP contribution < -0.4 is 5.32 Å². The predicted molar refractivity (Wildman–Crippen MR) is 113 cm³/mol. The lowest BCUT2D eigenvalue weighted by Gasteiger charge is -2.23. The van der Waals surface area contributed by atoms with Crippen LogP contribution in [0.1, 0.15) is 37.3 Å². The number of hydrogen-bond donors (Lipinski definition) is 1. The van der Waals surface area contributed by atoms with Crippen molar-refractivity contribution in [2.75, 3.05) is 51.3 Å². The van der Waals surface area contributed by atoms with E-state index in [1.807, 2.05) is 30.3 Å². The maximum absolute atomic E-state index is 4.90. The van der Waals surface area contributed by atoms with E-state index in [1.54, 1.807) is 0 Å². The Morgan fingerprint density at radius 2 is 2.07 bits per heavy atom. The van der Waals surface area contributed by atoms with E-state index in [2.05, 4.69) is 31.6 Å². The van der Waals surface area contributed by atoms with Gasteiger partial charge in [-0.15, -0.1) is 10.2 Å². The second-order valence-corrected chi connectivity index (χ2v) is 8.73. The minimum absolute atomic E-state index is 0.579. The molecule has 1 N–H and O–H groups in total. The van der Waals surface area contributed by atoms with Gasteiger partial charge in [-0.25, -0.2) is 4.99 Å². The molecule has 2 saturated heterocycles. The maximum Gasteiger partial charge on any atom is 0.194 e. The molecule has 1 aromatic rings. The number of guanidine groups is 1. The number of hydrogen-bond acceptors (Lipinski definition) is 5. The minimum Gasteiger partial charge on any atom is -0.356 e. The quantitative estimate of drug-likeness (QED) is 0.412. The molecule has 3 heterocycles. The molecule has 3 rings (SSSR count). The summed E-state index contributed by atoms with van der Waals surface area (Å²) in [6.45, 7) is 9.57. The molecule has 2 aliphatic heterocycles. The summed E-state index contributed by atoms with van der Waals surface area (Å²) in [5.41, 5.74) is 0. The Labute approximate surface area is 168 Å². The van der Waals surface area contributed by atoms with E-state index < -0.39 is 0 Å². The maximum atomic E-state index is 4.90. The molecule has 1 aromatic heterocycles. The van der Waals surface area contributed by atoms with Crippen molar-refractivity contribution in [2.24, 2.45) is 18.0 Å². The zero-order valence-electron chi connectivity index (χ0n) is 17.2. The summed E-state index contributed by atoms with van der Waals surface area (Å²) in [6.07, 6.45) is 7.34. The van der Waals surface area contributed by atoms with E-state index in [9.17, 15) is 0 Å².